The Bertz CT molecular complexity index is 816. The highest BCUT2D eigenvalue weighted by Crippen LogP contribution is 2.32. The van der Waals surface area contributed by atoms with Crippen molar-refractivity contribution in [3.8, 4) is 0 Å². The molecule has 0 N–H and O–H groups in total. The molecule has 2 fully saturated rings. The summed E-state index contributed by atoms with van der Waals surface area (Å²) in [6.07, 6.45) is 2.28. The molecule has 0 aromatic heterocycles. The van der Waals surface area contributed by atoms with E-state index in [1.54, 1.807) is 4.90 Å². The van der Waals surface area contributed by atoms with Gasteiger partial charge in [0.2, 0.25) is 5.91 Å². The topological polar surface area (TPSA) is 60.9 Å². The van der Waals surface area contributed by atoms with Crippen LogP contribution >= 0.6 is 0 Å². The number of hydrogen-bond donors (Lipinski definition) is 0. The number of carbonyl (C=O) groups excluding carboxylic acids is 1. The van der Waals surface area contributed by atoms with Gasteiger partial charge >= 0.3 is 0 Å². The van der Waals surface area contributed by atoms with Crippen molar-refractivity contribution in [2.45, 2.75) is 31.7 Å². The number of amides is 1. The molecule has 1 aromatic rings. The van der Waals surface area contributed by atoms with Crippen molar-refractivity contribution in [1.29, 1.82) is 0 Å². The van der Waals surface area contributed by atoms with E-state index in [4.69, 9.17) is 0 Å². The van der Waals surface area contributed by atoms with E-state index < -0.39 is 21.8 Å². The zero-order chi connectivity index (χ0) is 19.8. The Labute approximate surface area is 158 Å². The van der Waals surface area contributed by atoms with Crippen LogP contribution in [0.1, 0.15) is 24.8 Å². The van der Waals surface area contributed by atoms with Crippen molar-refractivity contribution >= 4 is 16.1 Å². The molecule has 0 unspecified atom stereocenters. The maximum Gasteiger partial charge on any atom is 0.281 e. The van der Waals surface area contributed by atoms with E-state index in [0.29, 0.717) is 31.6 Å². The Morgan fingerprint density at radius 3 is 2.59 bits per heavy atom. The van der Waals surface area contributed by atoms with E-state index in [1.165, 1.54) is 28.8 Å². The van der Waals surface area contributed by atoms with Gasteiger partial charge in [-0.05, 0) is 42.9 Å². The second-order valence-corrected chi connectivity index (χ2v) is 9.56. The lowest BCUT2D eigenvalue weighted by molar-refractivity contribution is -0.137. The van der Waals surface area contributed by atoms with Crippen LogP contribution in [0.15, 0.2) is 18.2 Å². The SMILES string of the molecule is CN(C)S(=O)(=O)N1CC[C@@H]2[C@@H](CCCN2C(=O)Cc2ccc(F)c(F)c2)C1. The first kappa shape index (κ1) is 20.2. The molecule has 9 heteroatoms. The fourth-order valence-corrected chi connectivity index (χ4v) is 5.22. The molecule has 0 spiro atoms. The summed E-state index contributed by atoms with van der Waals surface area (Å²) in [5.74, 6) is -1.92. The minimum Gasteiger partial charge on any atom is -0.339 e. The number of halogens is 2. The first-order valence-electron chi connectivity index (χ1n) is 9.11. The number of rotatable bonds is 4. The Kier molecular flexibility index (Phi) is 5.83. The molecule has 0 aliphatic carbocycles. The average Bonchev–Trinajstić information content (AvgIpc) is 2.63. The van der Waals surface area contributed by atoms with Crippen LogP contribution in [0.3, 0.4) is 0 Å². The monoisotopic (exact) mass is 401 g/mol. The maximum atomic E-state index is 13.4. The number of hydrogen-bond acceptors (Lipinski definition) is 3. The molecule has 2 heterocycles. The van der Waals surface area contributed by atoms with Gasteiger partial charge in [-0.25, -0.2) is 8.78 Å². The Balaban J connectivity index is 1.69. The molecule has 2 aliphatic heterocycles. The second-order valence-electron chi connectivity index (χ2n) is 7.42. The minimum absolute atomic E-state index is 0.00911. The van der Waals surface area contributed by atoms with Crippen molar-refractivity contribution in [1.82, 2.24) is 13.5 Å². The van der Waals surface area contributed by atoms with Crippen molar-refractivity contribution in [3.63, 3.8) is 0 Å². The summed E-state index contributed by atoms with van der Waals surface area (Å²) >= 11 is 0. The average molecular weight is 401 g/mol. The highest BCUT2D eigenvalue weighted by Gasteiger charge is 2.41. The van der Waals surface area contributed by atoms with Crippen molar-refractivity contribution in [2.24, 2.45) is 5.92 Å². The smallest absolute Gasteiger partial charge is 0.281 e. The molecular formula is C18H25F2N3O3S. The van der Waals surface area contributed by atoms with Crippen molar-refractivity contribution in [3.05, 3.63) is 35.4 Å². The summed E-state index contributed by atoms with van der Waals surface area (Å²) in [6, 6.07) is 3.50. The first-order valence-corrected chi connectivity index (χ1v) is 10.5. The van der Waals surface area contributed by atoms with Crippen LogP contribution in [-0.2, 0) is 21.4 Å². The van der Waals surface area contributed by atoms with E-state index in [0.717, 1.165) is 25.0 Å². The molecular weight excluding hydrogens is 376 g/mol. The predicted octanol–water partition coefficient (Wildman–Crippen LogP) is 1.63. The zero-order valence-electron chi connectivity index (χ0n) is 15.6. The van der Waals surface area contributed by atoms with E-state index >= 15 is 0 Å². The molecule has 150 valence electrons. The second kappa shape index (κ2) is 7.81. The zero-order valence-corrected chi connectivity index (χ0v) is 16.4. The highest BCUT2D eigenvalue weighted by molar-refractivity contribution is 7.86. The third kappa shape index (κ3) is 4.14. The lowest BCUT2D eigenvalue weighted by Gasteiger charge is -2.47. The third-order valence-electron chi connectivity index (χ3n) is 5.48. The summed E-state index contributed by atoms with van der Waals surface area (Å²) < 4.78 is 53.9. The molecule has 27 heavy (non-hydrogen) atoms. The molecule has 0 bridgehead atoms. The van der Waals surface area contributed by atoms with E-state index in [9.17, 15) is 22.0 Å². The summed E-state index contributed by atoms with van der Waals surface area (Å²) in [7, 11) is -0.432. The van der Waals surface area contributed by atoms with Gasteiger partial charge in [-0.2, -0.15) is 17.0 Å². The Morgan fingerprint density at radius 2 is 1.93 bits per heavy atom. The summed E-state index contributed by atoms with van der Waals surface area (Å²) in [5, 5.41) is 0. The molecule has 0 saturated carbocycles. The fourth-order valence-electron chi connectivity index (χ4n) is 4.05. The predicted molar refractivity (Wildman–Crippen MR) is 97.1 cm³/mol. The number of fused-ring (bicyclic) bond motifs is 1. The van der Waals surface area contributed by atoms with Gasteiger partial charge in [0.05, 0.1) is 6.42 Å². The molecule has 2 atom stereocenters. The summed E-state index contributed by atoms with van der Waals surface area (Å²) in [4.78, 5) is 14.6. The third-order valence-corrected chi connectivity index (χ3v) is 7.39. The number of carbonyl (C=O) groups is 1. The number of nitrogens with zero attached hydrogens (tertiary/aromatic N) is 3. The van der Waals surface area contributed by atoms with E-state index in [1.807, 2.05) is 0 Å². The molecule has 2 aliphatic rings. The van der Waals surface area contributed by atoms with Gasteiger partial charge in [-0.15, -0.1) is 0 Å². The van der Waals surface area contributed by atoms with Gasteiger partial charge in [0.25, 0.3) is 10.2 Å². The number of piperidine rings is 2. The fraction of sp³-hybridized carbons (Fsp3) is 0.611. The van der Waals surface area contributed by atoms with Crippen LogP contribution in [0, 0.1) is 17.6 Å². The molecule has 1 amide bonds. The molecule has 6 nitrogen and oxygen atoms in total. The molecule has 3 rings (SSSR count). The van der Waals surface area contributed by atoms with Crippen LogP contribution < -0.4 is 0 Å². The van der Waals surface area contributed by atoms with Crippen molar-refractivity contribution in [2.75, 3.05) is 33.7 Å². The van der Waals surface area contributed by atoms with Crippen molar-refractivity contribution < 1.29 is 22.0 Å². The Morgan fingerprint density at radius 1 is 1.19 bits per heavy atom. The van der Waals surface area contributed by atoms with Crippen LogP contribution in [0.5, 0.6) is 0 Å². The van der Waals surface area contributed by atoms with Gasteiger partial charge in [0.1, 0.15) is 0 Å². The first-order chi connectivity index (χ1) is 12.7. The van der Waals surface area contributed by atoms with Gasteiger partial charge in [0.15, 0.2) is 11.6 Å². The molecule has 1 aromatic carbocycles. The van der Waals surface area contributed by atoms with E-state index in [2.05, 4.69) is 0 Å². The summed E-state index contributed by atoms with van der Waals surface area (Å²) in [5.41, 5.74) is 0.439. The van der Waals surface area contributed by atoms with Crippen LogP contribution in [-0.4, -0.2) is 67.6 Å². The van der Waals surface area contributed by atoms with Gasteiger partial charge in [-0.3, -0.25) is 4.79 Å². The normalized spacial score (nSPS) is 24.1. The van der Waals surface area contributed by atoms with Crippen LogP contribution in [0.2, 0.25) is 0 Å². The minimum atomic E-state index is -3.46. The highest BCUT2D eigenvalue weighted by atomic mass is 32.2. The lowest BCUT2D eigenvalue weighted by Crippen LogP contribution is -2.58. The number of benzene rings is 1. The summed E-state index contributed by atoms with van der Waals surface area (Å²) in [6.45, 7) is 1.39. The number of likely N-dealkylation sites (tertiary alicyclic amines) is 1. The van der Waals surface area contributed by atoms with Gasteiger partial charge < -0.3 is 4.90 Å². The molecule has 0 radical (unpaired) electrons. The lowest BCUT2D eigenvalue weighted by atomic mass is 9.84. The van der Waals surface area contributed by atoms with Crippen LogP contribution in [0.25, 0.3) is 0 Å². The molecule has 2 saturated heterocycles. The standard InChI is InChI=1S/C18H25F2N3O3S/c1-21(2)27(25,26)22-9-7-17-14(12-22)4-3-8-23(17)18(24)11-13-5-6-15(19)16(20)10-13/h5-6,10,14,17H,3-4,7-9,11-12H2,1-2H3/t14-,17+/m0/s1. The largest absolute Gasteiger partial charge is 0.339 e. The van der Waals surface area contributed by atoms with E-state index in [-0.39, 0.29) is 24.3 Å². The Hall–Kier alpha value is -1.58. The maximum absolute atomic E-state index is 13.4. The van der Waals surface area contributed by atoms with Gasteiger partial charge in [-0.1, -0.05) is 6.07 Å². The van der Waals surface area contributed by atoms with Crippen LogP contribution in [0.4, 0.5) is 8.78 Å². The quantitative estimate of drug-likeness (QED) is 0.771. The van der Waals surface area contributed by atoms with Gasteiger partial charge in [0, 0.05) is 39.8 Å².